The summed E-state index contributed by atoms with van der Waals surface area (Å²) in [4.78, 5) is 0. The summed E-state index contributed by atoms with van der Waals surface area (Å²) in [6.45, 7) is 7.40. The third-order valence-corrected chi connectivity index (χ3v) is 5.95. The molecule has 0 amide bonds. The first kappa shape index (κ1) is 20.6. The molecule has 0 N–H and O–H groups in total. The van der Waals surface area contributed by atoms with Crippen LogP contribution in [0.2, 0.25) is 0 Å². The highest BCUT2D eigenvalue weighted by Crippen LogP contribution is 2.37. The Morgan fingerprint density at radius 1 is 0.929 bits per heavy atom. The van der Waals surface area contributed by atoms with Crippen LogP contribution < -0.4 is 0 Å². The Labute approximate surface area is 171 Å². The van der Waals surface area contributed by atoms with E-state index in [1.165, 1.54) is 54.4 Å². The van der Waals surface area contributed by atoms with Gasteiger partial charge in [0.05, 0.1) is 13.2 Å². The van der Waals surface area contributed by atoms with Crippen molar-refractivity contribution in [3.63, 3.8) is 0 Å². The Morgan fingerprint density at radius 2 is 1.57 bits per heavy atom. The van der Waals surface area contributed by atoms with E-state index in [1.54, 1.807) is 0 Å². The molecule has 0 aromatic heterocycles. The minimum atomic E-state index is 0.686. The second-order valence-electron chi connectivity index (χ2n) is 7.97. The van der Waals surface area contributed by atoms with Crippen molar-refractivity contribution in [1.82, 2.24) is 0 Å². The van der Waals surface area contributed by atoms with Crippen molar-refractivity contribution in [1.29, 1.82) is 0 Å². The smallest absolute Gasteiger partial charge is 0.0717 e. The molecule has 1 aliphatic carbocycles. The Balaban J connectivity index is 1.52. The maximum Gasteiger partial charge on any atom is 0.0717 e. The van der Waals surface area contributed by atoms with Gasteiger partial charge in [-0.2, -0.15) is 0 Å². The number of rotatable bonds is 9. The predicted octanol–water partition coefficient (Wildman–Crippen LogP) is 7.69. The van der Waals surface area contributed by atoms with Crippen molar-refractivity contribution in [2.45, 2.75) is 58.0 Å². The zero-order chi connectivity index (χ0) is 19.6. The van der Waals surface area contributed by atoms with Crippen LogP contribution in [0.5, 0.6) is 0 Å². The van der Waals surface area contributed by atoms with Gasteiger partial charge in [0.1, 0.15) is 0 Å². The van der Waals surface area contributed by atoms with Gasteiger partial charge in [-0.05, 0) is 79.5 Å². The molecule has 1 saturated carbocycles. The van der Waals surface area contributed by atoms with Crippen molar-refractivity contribution in [3.05, 3.63) is 84.5 Å². The van der Waals surface area contributed by atoms with Crippen molar-refractivity contribution >= 4 is 0 Å². The zero-order valence-corrected chi connectivity index (χ0v) is 17.3. The molecule has 148 valence electrons. The third-order valence-electron chi connectivity index (χ3n) is 5.95. The molecule has 0 unspecified atom stereocenters. The third kappa shape index (κ3) is 5.94. The van der Waals surface area contributed by atoms with E-state index in [-0.39, 0.29) is 0 Å². The van der Waals surface area contributed by atoms with E-state index in [0.717, 1.165) is 24.9 Å². The number of benzene rings is 2. The van der Waals surface area contributed by atoms with E-state index in [9.17, 15) is 0 Å². The fourth-order valence-electron chi connectivity index (χ4n) is 4.22. The lowest BCUT2D eigenvalue weighted by atomic mass is 9.77. The van der Waals surface area contributed by atoms with Crippen molar-refractivity contribution in [3.8, 4) is 11.1 Å². The van der Waals surface area contributed by atoms with Gasteiger partial charge in [0, 0.05) is 0 Å². The van der Waals surface area contributed by atoms with Crippen LogP contribution >= 0.6 is 0 Å². The lowest BCUT2D eigenvalue weighted by molar-refractivity contribution is 0.125. The van der Waals surface area contributed by atoms with Crippen molar-refractivity contribution in [2.75, 3.05) is 6.61 Å². The molecular formula is C27H34O. The molecule has 1 nitrogen and oxygen atoms in total. The van der Waals surface area contributed by atoms with Crippen LogP contribution in [0.1, 0.15) is 62.5 Å². The SMILES string of the molecule is C=CC[C@H]1CC[C@H](c2ccc(-c3ccc(COCCC=CC)cc3)cc2)CC1. The van der Waals surface area contributed by atoms with Crippen LogP contribution in [0.4, 0.5) is 0 Å². The molecule has 0 saturated heterocycles. The topological polar surface area (TPSA) is 9.23 Å². The first-order valence-corrected chi connectivity index (χ1v) is 10.8. The summed E-state index contributed by atoms with van der Waals surface area (Å²) in [5.41, 5.74) is 5.31. The maximum atomic E-state index is 5.72. The van der Waals surface area contributed by atoms with Crippen LogP contribution in [-0.4, -0.2) is 6.61 Å². The van der Waals surface area contributed by atoms with Crippen LogP contribution in [-0.2, 0) is 11.3 Å². The standard InChI is InChI=1S/C27H34O/c1-3-5-6-20-28-21-23-10-14-25(15-11-23)27-18-16-26(17-19-27)24-12-8-22(7-4-2)9-13-24/h3-5,10-11,14-19,22,24H,2,6-9,12-13,20-21H2,1H3/t22-,24-. The highest BCUT2D eigenvalue weighted by Gasteiger charge is 2.21. The van der Waals surface area contributed by atoms with E-state index in [1.807, 2.05) is 6.92 Å². The van der Waals surface area contributed by atoms with E-state index in [4.69, 9.17) is 4.74 Å². The molecule has 1 fully saturated rings. The van der Waals surface area contributed by atoms with Gasteiger partial charge in [-0.3, -0.25) is 0 Å². The summed E-state index contributed by atoms with van der Waals surface area (Å²) >= 11 is 0. The van der Waals surface area contributed by atoms with Crippen molar-refractivity contribution < 1.29 is 4.74 Å². The molecule has 0 bridgehead atoms. The highest BCUT2D eigenvalue weighted by atomic mass is 16.5. The number of ether oxygens (including phenoxy) is 1. The predicted molar refractivity (Wildman–Crippen MR) is 120 cm³/mol. The minimum absolute atomic E-state index is 0.686. The Kier molecular flexibility index (Phi) is 8.11. The summed E-state index contributed by atoms with van der Waals surface area (Å²) < 4.78 is 5.72. The molecule has 0 atom stereocenters. The van der Waals surface area contributed by atoms with Gasteiger partial charge in [-0.25, -0.2) is 0 Å². The van der Waals surface area contributed by atoms with Gasteiger partial charge in [0.15, 0.2) is 0 Å². The molecule has 1 heteroatoms. The van der Waals surface area contributed by atoms with Crippen LogP contribution in [0, 0.1) is 5.92 Å². The largest absolute Gasteiger partial charge is 0.376 e. The Morgan fingerprint density at radius 3 is 2.18 bits per heavy atom. The second kappa shape index (κ2) is 11.0. The molecule has 28 heavy (non-hydrogen) atoms. The van der Waals surface area contributed by atoms with E-state index in [0.29, 0.717) is 6.61 Å². The summed E-state index contributed by atoms with van der Waals surface area (Å²) in [5, 5.41) is 0. The van der Waals surface area contributed by atoms with E-state index < -0.39 is 0 Å². The normalized spacial score (nSPS) is 19.8. The summed E-state index contributed by atoms with van der Waals surface area (Å²) in [7, 11) is 0. The lowest BCUT2D eigenvalue weighted by Crippen LogP contribution is -2.12. The Hall–Kier alpha value is -2.12. The summed E-state index contributed by atoms with van der Waals surface area (Å²) in [6.07, 6.45) is 13.8. The lowest BCUT2D eigenvalue weighted by Gasteiger charge is -2.28. The second-order valence-corrected chi connectivity index (χ2v) is 7.97. The van der Waals surface area contributed by atoms with Gasteiger partial charge >= 0.3 is 0 Å². The molecule has 0 heterocycles. The number of allylic oxidation sites excluding steroid dienone is 2. The minimum Gasteiger partial charge on any atom is -0.376 e. The van der Waals surface area contributed by atoms with Crippen LogP contribution in [0.15, 0.2) is 73.3 Å². The average Bonchev–Trinajstić information content (AvgIpc) is 2.75. The van der Waals surface area contributed by atoms with Crippen molar-refractivity contribution in [2.24, 2.45) is 5.92 Å². The van der Waals surface area contributed by atoms with E-state index in [2.05, 4.69) is 73.3 Å². The van der Waals surface area contributed by atoms with Crippen LogP contribution in [0.25, 0.3) is 11.1 Å². The van der Waals surface area contributed by atoms with Crippen LogP contribution in [0.3, 0.4) is 0 Å². The molecule has 0 radical (unpaired) electrons. The number of hydrogen-bond donors (Lipinski definition) is 0. The monoisotopic (exact) mass is 374 g/mol. The molecule has 0 aliphatic heterocycles. The van der Waals surface area contributed by atoms with Gasteiger partial charge < -0.3 is 4.74 Å². The number of hydrogen-bond acceptors (Lipinski definition) is 1. The molecule has 0 spiro atoms. The van der Waals surface area contributed by atoms with Gasteiger partial charge in [-0.1, -0.05) is 66.8 Å². The maximum absolute atomic E-state index is 5.72. The quantitative estimate of drug-likeness (QED) is 0.323. The molecule has 3 rings (SSSR count). The average molecular weight is 375 g/mol. The first-order valence-electron chi connectivity index (χ1n) is 10.8. The van der Waals surface area contributed by atoms with Gasteiger partial charge in [0.25, 0.3) is 0 Å². The highest BCUT2D eigenvalue weighted by molar-refractivity contribution is 5.64. The summed E-state index contributed by atoms with van der Waals surface area (Å²) in [5.74, 6) is 1.59. The fraction of sp³-hybridized carbons (Fsp3) is 0.407. The molecular weight excluding hydrogens is 340 g/mol. The summed E-state index contributed by atoms with van der Waals surface area (Å²) in [6, 6.07) is 18.0. The van der Waals surface area contributed by atoms with Gasteiger partial charge in [-0.15, -0.1) is 6.58 Å². The molecule has 2 aromatic rings. The first-order chi connectivity index (χ1) is 13.8. The molecule has 1 aliphatic rings. The Bertz CT molecular complexity index is 731. The van der Waals surface area contributed by atoms with Gasteiger partial charge in [0.2, 0.25) is 0 Å². The van der Waals surface area contributed by atoms with E-state index >= 15 is 0 Å². The fourth-order valence-corrected chi connectivity index (χ4v) is 4.22. The zero-order valence-electron chi connectivity index (χ0n) is 17.3. The molecule has 2 aromatic carbocycles.